The fourth-order valence-corrected chi connectivity index (χ4v) is 1.80. The molecule has 96 valence electrons. The maximum Gasteiger partial charge on any atom is 0.416 e. The van der Waals surface area contributed by atoms with Crippen LogP contribution in [0, 0.1) is 6.92 Å². The second-order valence-electron chi connectivity index (χ2n) is 3.63. The average Bonchev–Trinajstić information content (AvgIpc) is 2.74. The van der Waals surface area contributed by atoms with Crippen molar-refractivity contribution in [3.8, 4) is 0 Å². The van der Waals surface area contributed by atoms with E-state index in [0.29, 0.717) is 5.82 Å². The van der Waals surface area contributed by atoms with Gasteiger partial charge in [0.05, 0.1) is 5.56 Å². The number of hydrogen-bond donors (Lipinski definition) is 0. The summed E-state index contributed by atoms with van der Waals surface area (Å²) in [5.41, 5.74) is -0.906. The summed E-state index contributed by atoms with van der Waals surface area (Å²) in [6.45, 7) is 1.56. The van der Waals surface area contributed by atoms with Crippen molar-refractivity contribution in [1.29, 1.82) is 0 Å². The van der Waals surface area contributed by atoms with Gasteiger partial charge in [-0.1, -0.05) is 23.4 Å². The van der Waals surface area contributed by atoms with E-state index in [1.165, 1.54) is 18.2 Å². The molecule has 0 amide bonds. The van der Waals surface area contributed by atoms with E-state index in [-0.39, 0.29) is 11.5 Å². The number of hydrogen-bond acceptors (Lipinski definition) is 3. The van der Waals surface area contributed by atoms with Crippen LogP contribution in [0.1, 0.15) is 28.2 Å². The topological polar surface area (TPSA) is 38.9 Å². The molecule has 1 unspecified atom stereocenters. The van der Waals surface area contributed by atoms with Crippen LogP contribution in [0.2, 0.25) is 0 Å². The van der Waals surface area contributed by atoms with Crippen LogP contribution in [0.3, 0.4) is 0 Å². The van der Waals surface area contributed by atoms with Crippen molar-refractivity contribution >= 4 is 11.6 Å². The van der Waals surface area contributed by atoms with E-state index in [2.05, 4.69) is 10.1 Å². The largest absolute Gasteiger partial charge is 0.416 e. The summed E-state index contributed by atoms with van der Waals surface area (Å²) in [6.07, 6.45) is -4.47. The fraction of sp³-hybridized carbons (Fsp3) is 0.273. The first-order chi connectivity index (χ1) is 8.39. The van der Waals surface area contributed by atoms with E-state index in [9.17, 15) is 13.2 Å². The Balaban J connectivity index is 2.45. The highest BCUT2D eigenvalue weighted by Gasteiger charge is 2.36. The van der Waals surface area contributed by atoms with E-state index < -0.39 is 17.1 Å². The van der Waals surface area contributed by atoms with Crippen LogP contribution in [-0.4, -0.2) is 10.1 Å². The zero-order chi connectivity index (χ0) is 13.3. The molecule has 0 bridgehead atoms. The van der Waals surface area contributed by atoms with Gasteiger partial charge >= 0.3 is 6.18 Å². The number of aryl methyl sites for hydroxylation is 1. The molecule has 1 heterocycles. The third kappa shape index (κ3) is 2.48. The molecule has 3 nitrogen and oxygen atoms in total. The molecule has 0 fully saturated rings. The number of alkyl halides is 4. The van der Waals surface area contributed by atoms with Gasteiger partial charge in [-0.25, -0.2) is 0 Å². The highest BCUT2D eigenvalue weighted by atomic mass is 35.5. The Kier molecular flexibility index (Phi) is 3.30. The molecule has 0 aliphatic carbocycles. The highest BCUT2D eigenvalue weighted by Crippen LogP contribution is 2.38. The summed E-state index contributed by atoms with van der Waals surface area (Å²) in [6, 6.07) is 5.03. The molecule has 0 aliphatic heterocycles. The molecule has 0 radical (unpaired) electrons. The van der Waals surface area contributed by atoms with Crippen LogP contribution < -0.4 is 0 Å². The quantitative estimate of drug-likeness (QED) is 0.785. The summed E-state index contributed by atoms with van der Waals surface area (Å²) < 4.78 is 43.2. The molecule has 1 aromatic heterocycles. The van der Waals surface area contributed by atoms with Gasteiger partial charge in [0.25, 0.3) is 0 Å². The Hall–Kier alpha value is -1.56. The summed E-state index contributed by atoms with van der Waals surface area (Å²) in [5, 5.41) is 2.38. The Labute approximate surface area is 106 Å². The van der Waals surface area contributed by atoms with Gasteiger partial charge in [-0.2, -0.15) is 18.2 Å². The van der Waals surface area contributed by atoms with Crippen LogP contribution in [0.4, 0.5) is 13.2 Å². The van der Waals surface area contributed by atoms with Crippen LogP contribution in [0.5, 0.6) is 0 Å². The van der Waals surface area contributed by atoms with Crippen molar-refractivity contribution in [2.45, 2.75) is 18.5 Å². The molecule has 0 saturated heterocycles. The molecule has 0 N–H and O–H groups in total. The second kappa shape index (κ2) is 4.61. The highest BCUT2D eigenvalue weighted by molar-refractivity contribution is 6.22. The van der Waals surface area contributed by atoms with Gasteiger partial charge in [-0.15, -0.1) is 11.6 Å². The van der Waals surface area contributed by atoms with Gasteiger partial charge in [-0.3, -0.25) is 0 Å². The van der Waals surface area contributed by atoms with Gasteiger partial charge in [0, 0.05) is 0 Å². The number of nitrogens with zero attached hydrogens (tertiary/aromatic N) is 2. The Morgan fingerprint density at radius 2 is 1.94 bits per heavy atom. The first-order valence-electron chi connectivity index (χ1n) is 5.00. The molecule has 0 aliphatic rings. The van der Waals surface area contributed by atoms with Crippen LogP contribution in [0.25, 0.3) is 0 Å². The molecule has 1 atom stereocenters. The third-order valence-electron chi connectivity index (χ3n) is 2.30. The van der Waals surface area contributed by atoms with E-state index >= 15 is 0 Å². The summed E-state index contributed by atoms with van der Waals surface area (Å²) in [7, 11) is 0. The van der Waals surface area contributed by atoms with Gasteiger partial charge in [0.2, 0.25) is 5.89 Å². The van der Waals surface area contributed by atoms with Crippen LogP contribution in [0.15, 0.2) is 28.8 Å². The molecule has 0 saturated carbocycles. The molecule has 1 aromatic carbocycles. The molecular formula is C11H8ClF3N2O. The Morgan fingerprint density at radius 3 is 2.50 bits per heavy atom. The van der Waals surface area contributed by atoms with Crippen molar-refractivity contribution in [3.63, 3.8) is 0 Å². The van der Waals surface area contributed by atoms with Crippen molar-refractivity contribution in [3.05, 3.63) is 47.1 Å². The minimum absolute atomic E-state index is 0.0501. The SMILES string of the molecule is Cc1noc(C(Cl)c2ccccc2C(F)(F)F)n1. The maximum atomic E-state index is 12.8. The number of halogens is 4. The predicted octanol–water partition coefficient (Wildman–Crippen LogP) is 3.73. The fourth-order valence-electron chi connectivity index (χ4n) is 1.53. The first kappa shape index (κ1) is 12.9. The van der Waals surface area contributed by atoms with Crippen LogP contribution >= 0.6 is 11.6 Å². The molecule has 2 rings (SSSR count). The van der Waals surface area contributed by atoms with Gasteiger partial charge in [0.1, 0.15) is 5.38 Å². The predicted molar refractivity (Wildman–Crippen MR) is 58.2 cm³/mol. The lowest BCUT2D eigenvalue weighted by Gasteiger charge is -2.14. The summed E-state index contributed by atoms with van der Waals surface area (Å²) >= 11 is 5.96. The molecule has 7 heteroatoms. The molecular weight excluding hydrogens is 269 g/mol. The van der Waals surface area contributed by atoms with Gasteiger partial charge < -0.3 is 4.52 Å². The normalized spacial score (nSPS) is 13.6. The lowest BCUT2D eigenvalue weighted by atomic mass is 10.0. The average molecular weight is 277 g/mol. The van der Waals surface area contributed by atoms with Crippen molar-refractivity contribution < 1.29 is 17.7 Å². The number of aromatic nitrogens is 2. The summed E-state index contributed by atoms with van der Waals surface area (Å²) in [5.74, 6) is 0.269. The molecule has 18 heavy (non-hydrogen) atoms. The monoisotopic (exact) mass is 276 g/mol. The Morgan fingerprint density at radius 1 is 1.28 bits per heavy atom. The Bertz CT molecular complexity index is 553. The standard InChI is InChI=1S/C11H8ClF3N2O/c1-6-16-10(18-17-6)9(12)7-4-2-3-5-8(7)11(13,14)15/h2-5,9H,1H3. The van der Waals surface area contributed by atoms with Crippen molar-refractivity contribution in [1.82, 2.24) is 10.1 Å². The van der Waals surface area contributed by atoms with E-state index in [1.807, 2.05) is 0 Å². The lowest BCUT2D eigenvalue weighted by Crippen LogP contribution is -2.10. The van der Waals surface area contributed by atoms with E-state index in [0.717, 1.165) is 6.07 Å². The summed E-state index contributed by atoms with van der Waals surface area (Å²) in [4.78, 5) is 3.83. The molecule has 0 spiro atoms. The van der Waals surface area contributed by atoms with Gasteiger partial charge in [-0.05, 0) is 18.6 Å². The minimum atomic E-state index is -4.47. The smallest absolute Gasteiger partial charge is 0.337 e. The van der Waals surface area contributed by atoms with E-state index in [1.54, 1.807) is 6.92 Å². The third-order valence-corrected chi connectivity index (χ3v) is 2.72. The maximum absolute atomic E-state index is 12.8. The zero-order valence-corrected chi connectivity index (χ0v) is 9.96. The van der Waals surface area contributed by atoms with Gasteiger partial charge in [0.15, 0.2) is 5.82 Å². The molecule has 2 aromatic rings. The van der Waals surface area contributed by atoms with Crippen LogP contribution in [-0.2, 0) is 6.18 Å². The van der Waals surface area contributed by atoms with Crippen molar-refractivity contribution in [2.75, 3.05) is 0 Å². The van der Waals surface area contributed by atoms with E-state index in [4.69, 9.17) is 16.1 Å². The zero-order valence-electron chi connectivity index (χ0n) is 9.20. The lowest BCUT2D eigenvalue weighted by molar-refractivity contribution is -0.138. The minimum Gasteiger partial charge on any atom is -0.337 e. The number of benzene rings is 1. The second-order valence-corrected chi connectivity index (χ2v) is 4.06. The first-order valence-corrected chi connectivity index (χ1v) is 5.43. The van der Waals surface area contributed by atoms with Crippen molar-refractivity contribution in [2.24, 2.45) is 0 Å². The number of rotatable bonds is 2.